The molecule has 4 nitrogen and oxygen atoms in total. The van der Waals surface area contributed by atoms with Crippen molar-refractivity contribution in [2.75, 3.05) is 6.54 Å². The van der Waals surface area contributed by atoms with Crippen molar-refractivity contribution in [1.29, 1.82) is 0 Å². The van der Waals surface area contributed by atoms with E-state index in [4.69, 9.17) is 0 Å². The Kier molecular flexibility index (Phi) is 35.4. The predicted octanol–water partition coefficient (Wildman–Crippen LogP) is 16.1. The molecule has 0 saturated heterocycles. The first-order valence-electron chi connectivity index (χ1n) is 29.7. The van der Waals surface area contributed by atoms with Gasteiger partial charge in [-0.3, -0.25) is 0 Å². The van der Waals surface area contributed by atoms with E-state index in [2.05, 4.69) is 231 Å². The van der Waals surface area contributed by atoms with Crippen LogP contribution in [-0.4, -0.2) is 19.5 Å². The zero-order valence-corrected chi connectivity index (χ0v) is 57.2. The van der Waals surface area contributed by atoms with Crippen LogP contribution in [0.5, 0.6) is 0 Å². The Morgan fingerprint density at radius 1 is 0.392 bits per heavy atom. The number of aryl methyl sites for hydroxylation is 1. The van der Waals surface area contributed by atoms with Crippen molar-refractivity contribution in [3.8, 4) is 0 Å². The van der Waals surface area contributed by atoms with Crippen molar-refractivity contribution < 1.29 is 48.3 Å². The van der Waals surface area contributed by atoms with Gasteiger partial charge in [-0.2, -0.15) is 0 Å². The third-order valence-electron chi connectivity index (χ3n) is 22.9. The van der Waals surface area contributed by atoms with E-state index in [1.807, 2.05) is 19.1 Å². The topological polar surface area (TPSA) is 84.8 Å². The Bertz CT molecular complexity index is 1890. The number of quaternary nitrogens is 1. The fourth-order valence-electron chi connectivity index (χ4n) is 13.1. The van der Waals surface area contributed by atoms with Gasteiger partial charge in [-0.25, -0.2) is 8.42 Å². The fourth-order valence-corrected chi connectivity index (χ4v) is 13.6. The van der Waals surface area contributed by atoms with Crippen molar-refractivity contribution in [2.24, 2.45) is 130 Å². The first-order chi connectivity index (χ1) is 32.8. The van der Waals surface area contributed by atoms with Crippen LogP contribution in [-0.2, 0) is 20.9 Å². The largest absolute Gasteiger partial charge is 1.00 e. The Labute approximate surface area is 487 Å². The van der Waals surface area contributed by atoms with Crippen molar-refractivity contribution in [1.82, 2.24) is 0 Å². The smallest absolute Gasteiger partial charge is 0.744 e. The van der Waals surface area contributed by atoms with Crippen molar-refractivity contribution in [3.05, 3.63) is 65.2 Å². The van der Waals surface area contributed by atoms with E-state index in [9.17, 15) is 13.0 Å². The molecular formula is C68H129NNaO3S+. The maximum Gasteiger partial charge on any atom is 1.00 e. The summed E-state index contributed by atoms with van der Waals surface area (Å²) in [6, 6.07) is 16.4. The standard InChI is InChI=1S/C33H60.C32H58O3S.C2H7N.CH4.Na/c1-20(2)23(6)25(8)27(10)29(12)31(14)33(15,32-18-16-22(5)17-19-32)30(13)28(11)26(9)24(7)21(3)4;1-19(2)21(5)23(7)25(9)27(11)29(13)32(14,28(12)26(10)24(8)22(6)20(3)4)30-15-17-31(18-16-30)36(33,34)35;1-2-3;;/h16-21,23-31H,1-15H3;15-29H,1-14H3,(H,33,34,35);2-3H2,1H3;1H4;/q;;;;+1. The fraction of sp³-hybridized carbons (Fsp3) is 0.824. The van der Waals surface area contributed by atoms with Crippen molar-refractivity contribution >= 4 is 10.1 Å². The van der Waals surface area contributed by atoms with Crippen LogP contribution in [0.4, 0.5) is 0 Å². The van der Waals surface area contributed by atoms with Crippen LogP contribution < -0.4 is 35.3 Å². The summed E-state index contributed by atoms with van der Waals surface area (Å²) in [5, 5.41) is 0. The molecule has 20 atom stereocenters. The van der Waals surface area contributed by atoms with Gasteiger partial charge in [0.1, 0.15) is 10.1 Å². The van der Waals surface area contributed by atoms with E-state index in [1.54, 1.807) is 0 Å². The second-order valence-corrected chi connectivity index (χ2v) is 28.4. The molecule has 0 aliphatic carbocycles. The van der Waals surface area contributed by atoms with Gasteiger partial charge in [-0.1, -0.05) is 243 Å². The van der Waals surface area contributed by atoms with Crippen LogP contribution in [0.15, 0.2) is 53.4 Å². The Balaban J connectivity index is -0.00000126. The van der Waals surface area contributed by atoms with Crippen LogP contribution in [0.1, 0.15) is 225 Å². The summed E-state index contributed by atoms with van der Waals surface area (Å²) in [5.74, 6) is 13.6. The van der Waals surface area contributed by atoms with Gasteiger partial charge in [0.15, 0.2) is 0 Å². The van der Waals surface area contributed by atoms with E-state index in [0.717, 1.165) is 41.7 Å². The second kappa shape index (κ2) is 33.8. The minimum atomic E-state index is -4.46. The molecule has 0 aliphatic heterocycles. The molecule has 0 spiro atoms. The summed E-state index contributed by atoms with van der Waals surface area (Å²) in [4.78, 5) is -0.149. The number of rotatable bonds is 25. The third-order valence-corrected chi connectivity index (χ3v) is 23.7. The summed E-state index contributed by atoms with van der Waals surface area (Å²) >= 11 is 0. The molecule has 20 unspecified atom stereocenters. The van der Waals surface area contributed by atoms with Gasteiger partial charge in [0.2, 0.25) is 0 Å². The Hall–Kier alpha value is -0.690. The molecule has 0 aromatic heterocycles. The SMILES string of the molecule is C.CC(C)C(C)C(C)C(C)C(C)C(C)C(C)(c1ccc(S(=O)(=O)[O-])cc1)C(C)C(C)C(C)C(C)C(C)C.CC[NH3+].Cc1ccc(C(C)(C(C)C(C)C(C)C(C)C(C)C)C(C)C(C)C(C)C(C)C(C)C(C)C)cc1.[Na+]. The summed E-state index contributed by atoms with van der Waals surface area (Å²) in [7, 11) is -4.46. The Morgan fingerprint density at radius 2 is 0.568 bits per heavy atom. The molecule has 0 fully saturated rings. The molecule has 0 bridgehead atoms. The Morgan fingerprint density at radius 3 is 0.757 bits per heavy atom. The quantitative estimate of drug-likeness (QED) is 0.0794. The number of benzene rings is 2. The second-order valence-electron chi connectivity index (χ2n) is 27.1. The molecule has 0 aliphatic rings. The van der Waals surface area contributed by atoms with Gasteiger partial charge in [-0.05, 0) is 178 Å². The molecule has 3 N–H and O–H groups in total. The average molecular weight is 1060 g/mol. The molecule has 74 heavy (non-hydrogen) atoms. The molecule has 2 aromatic carbocycles. The zero-order chi connectivity index (χ0) is 56.9. The van der Waals surface area contributed by atoms with Crippen LogP contribution in [0.25, 0.3) is 0 Å². The maximum absolute atomic E-state index is 11.6. The van der Waals surface area contributed by atoms with Gasteiger partial charge in [-0.15, -0.1) is 0 Å². The average Bonchev–Trinajstić information content (AvgIpc) is 3.33. The van der Waals surface area contributed by atoms with Crippen LogP contribution in [0, 0.1) is 137 Å². The molecule has 430 valence electrons. The van der Waals surface area contributed by atoms with Crippen LogP contribution in [0.3, 0.4) is 0 Å². The summed E-state index contributed by atoms with van der Waals surface area (Å²) < 4.78 is 34.9. The van der Waals surface area contributed by atoms with E-state index < -0.39 is 10.1 Å². The third kappa shape index (κ3) is 19.8. The summed E-state index contributed by atoms with van der Waals surface area (Å²) in [6.07, 6.45) is 0. The van der Waals surface area contributed by atoms with E-state index in [0.29, 0.717) is 101 Å². The summed E-state index contributed by atoms with van der Waals surface area (Å²) in [5.41, 5.74) is 7.48. The normalized spacial score (nSPS) is 21.2. The van der Waals surface area contributed by atoms with E-state index in [-0.39, 0.29) is 52.7 Å². The first-order valence-corrected chi connectivity index (χ1v) is 31.1. The summed E-state index contributed by atoms with van der Waals surface area (Å²) in [6.45, 7) is 73.2. The minimum absolute atomic E-state index is 0. The number of hydrogen-bond acceptors (Lipinski definition) is 3. The van der Waals surface area contributed by atoms with Crippen molar-refractivity contribution in [3.63, 3.8) is 0 Å². The monoisotopic (exact) mass is 1060 g/mol. The molecule has 2 rings (SSSR count). The molecule has 6 heteroatoms. The van der Waals surface area contributed by atoms with Crippen LogP contribution >= 0.6 is 0 Å². The van der Waals surface area contributed by atoms with Gasteiger partial charge >= 0.3 is 29.6 Å². The molecule has 2 aromatic rings. The maximum atomic E-state index is 11.6. The molecule has 0 heterocycles. The number of hydrogen-bond donors (Lipinski definition) is 1. The molecule has 0 saturated carbocycles. The van der Waals surface area contributed by atoms with Gasteiger partial charge in [0.25, 0.3) is 0 Å². The van der Waals surface area contributed by atoms with Gasteiger partial charge in [0, 0.05) is 0 Å². The van der Waals surface area contributed by atoms with Gasteiger partial charge < -0.3 is 10.3 Å². The zero-order valence-electron chi connectivity index (χ0n) is 54.4. The first kappa shape index (κ1) is 77.5. The molecule has 0 amide bonds. The van der Waals surface area contributed by atoms with E-state index >= 15 is 0 Å². The van der Waals surface area contributed by atoms with Gasteiger partial charge in [0.05, 0.1) is 11.4 Å². The van der Waals surface area contributed by atoms with Crippen LogP contribution in [0.2, 0.25) is 0 Å². The predicted molar refractivity (Wildman–Crippen MR) is 325 cm³/mol. The molecular weight excluding hydrogens is 934 g/mol. The molecule has 0 radical (unpaired) electrons. The van der Waals surface area contributed by atoms with Crippen molar-refractivity contribution in [2.45, 2.75) is 231 Å². The van der Waals surface area contributed by atoms with E-state index in [1.165, 1.54) is 23.3 Å². The minimum Gasteiger partial charge on any atom is -0.744 e.